The van der Waals surface area contributed by atoms with Gasteiger partial charge < -0.3 is 10.3 Å². The molecule has 0 saturated heterocycles. The van der Waals surface area contributed by atoms with Gasteiger partial charge in [-0.2, -0.15) is 0 Å². The van der Waals surface area contributed by atoms with Gasteiger partial charge in [0, 0.05) is 10.6 Å². The fourth-order valence-electron chi connectivity index (χ4n) is 1.76. The number of aromatic nitrogens is 2. The van der Waals surface area contributed by atoms with Crippen LogP contribution >= 0.6 is 11.3 Å². The molecule has 0 saturated carbocycles. The Hall–Kier alpha value is -1.95. The molecule has 0 fully saturated rings. The van der Waals surface area contributed by atoms with Gasteiger partial charge in [-0.05, 0) is 25.0 Å². The van der Waals surface area contributed by atoms with Gasteiger partial charge in [0.2, 0.25) is 0 Å². The van der Waals surface area contributed by atoms with Crippen LogP contribution in [-0.4, -0.2) is 15.9 Å². The molecule has 0 radical (unpaired) electrons. The van der Waals surface area contributed by atoms with Crippen LogP contribution in [0.25, 0.3) is 0 Å². The number of carbonyl (C=O) groups is 1. The van der Waals surface area contributed by atoms with Crippen molar-refractivity contribution in [2.45, 2.75) is 33.2 Å². The molecule has 0 aliphatic rings. The SMILES string of the molecule is Cc1ncsc1CNC(=O)c1ccc(C(C)C)[nH]c1=O. The lowest BCUT2D eigenvalue weighted by molar-refractivity contribution is 0.0949. The number of H-pyrrole nitrogens is 1. The lowest BCUT2D eigenvalue weighted by Gasteiger charge is -2.07. The van der Waals surface area contributed by atoms with Crippen molar-refractivity contribution in [3.63, 3.8) is 0 Å². The fraction of sp³-hybridized carbons (Fsp3) is 0.357. The zero-order valence-electron chi connectivity index (χ0n) is 11.7. The van der Waals surface area contributed by atoms with Crippen LogP contribution in [0.1, 0.15) is 46.4 Å². The molecule has 0 aromatic carbocycles. The number of nitrogens with one attached hydrogen (secondary N) is 2. The summed E-state index contributed by atoms with van der Waals surface area (Å²) in [5.41, 5.74) is 3.25. The molecule has 0 spiro atoms. The van der Waals surface area contributed by atoms with E-state index in [4.69, 9.17) is 0 Å². The van der Waals surface area contributed by atoms with Gasteiger partial charge in [-0.15, -0.1) is 11.3 Å². The van der Waals surface area contributed by atoms with E-state index in [1.807, 2.05) is 20.8 Å². The lowest BCUT2D eigenvalue weighted by atomic mass is 10.1. The van der Waals surface area contributed by atoms with Gasteiger partial charge in [-0.1, -0.05) is 13.8 Å². The Labute approximate surface area is 121 Å². The van der Waals surface area contributed by atoms with Crippen LogP contribution < -0.4 is 10.9 Å². The zero-order chi connectivity index (χ0) is 14.7. The third kappa shape index (κ3) is 3.14. The van der Waals surface area contributed by atoms with E-state index in [0.717, 1.165) is 16.3 Å². The predicted octanol–water partition coefficient (Wildman–Crippen LogP) is 2.19. The van der Waals surface area contributed by atoms with Gasteiger partial charge in [0.15, 0.2) is 0 Å². The Bertz CT molecular complexity index is 673. The van der Waals surface area contributed by atoms with Crippen LogP contribution in [0.4, 0.5) is 0 Å². The summed E-state index contributed by atoms with van der Waals surface area (Å²) in [6.45, 7) is 6.25. The average Bonchev–Trinajstić information content (AvgIpc) is 2.81. The molecule has 6 heteroatoms. The molecule has 2 heterocycles. The first-order chi connectivity index (χ1) is 9.49. The van der Waals surface area contributed by atoms with Crippen LogP contribution in [0.3, 0.4) is 0 Å². The number of aryl methyl sites for hydroxylation is 1. The summed E-state index contributed by atoms with van der Waals surface area (Å²) in [5, 5.41) is 2.74. The highest BCUT2D eigenvalue weighted by atomic mass is 32.1. The first kappa shape index (κ1) is 14.5. The Morgan fingerprint density at radius 2 is 2.20 bits per heavy atom. The summed E-state index contributed by atoms with van der Waals surface area (Å²) >= 11 is 1.49. The second-order valence-corrected chi connectivity index (χ2v) is 5.79. The van der Waals surface area contributed by atoms with Crippen LogP contribution in [0.2, 0.25) is 0 Å². The molecule has 2 aromatic heterocycles. The molecule has 2 rings (SSSR count). The largest absolute Gasteiger partial charge is 0.347 e. The third-order valence-corrected chi connectivity index (χ3v) is 3.99. The summed E-state index contributed by atoms with van der Waals surface area (Å²) in [5.74, 6) is -0.144. The third-order valence-electron chi connectivity index (χ3n) is 3.05. The monoisotopic (exact) mass is 291 g/mol. The molecule has 0 atom stereocenters. The second kappa shape index (κ2) is 6.00. The van der Waals surface area contributed by atoms with Crippen LogP contribution in [0.15, 0.2) is 22.4 Å². The number of rotatable bonds is 4. The van der Waals surface area contributed by atoms with Gasteiger partial charge in [0.25, 0.3) is 11.5 Å². The smallest absolute Gasteiger partial charge is 0.261 e. The van der Waals surface area contributed by atoms with E-state index in [9.17, 15) is 9.59 Å². The van der Waals surface area contributed by atoms with Crippen molar-refractivity contribution in [1.82, 2.24) is 15.3 Å². The maximum absolute atomic E-state index is 12.0. The Morgan fingerprint density at radius 3 is 2.75 bits per heavy atom. The van der Waals surface area contributed by atoms with Gasteiger partial charge in [-0.3, -0.25) is 9.59 Å². The number of carbonyl (C=O) groups excluding carboxylic acids is 1. The van der Waals surface area contributed by atoms with Crippen molar-refractivity contribution in [2.24, 2.45) is 0 Å². The number of pyridine rings is 1. The summed E-state index contributed by atoms with van der Waals surface area (Å²) in [7, 11) is 0. The highest BCUT2D eigenvalue weighted by molar-refractivity contribution is 7.09. The molecule has 0 aliphatic heterocycles. The molecule has 0 aliphatic carbocycles. The highest BCUT2D eigenvalue weighted by Crippen LogP contribution is 2.12. The van der Waals surface area contributed by atoms with E-state index >= 15 is 0 Å². The van der Waals surface area contributed by atoms with Gasteiger partial charge in [0.1, 0.15) is 5.56 Å². The Kier molecular flexibility index (Phi) is 4.34. The molecule has 2 N–H and O–H groups in total. The second-order valence-electron chi connectivity index (χ2n) is 4.85. The van der Waals surface area contributed by atoms with E-state index in [1.54, 1.807) is 17.6 Å². The molecule has 5 nitrogen and oxygen atoms in total. The van der Waals surface area contributed by atoms with Gasteiger partial charge >= 0.3 is 0 Å². The topological polar surface area (TPSA) is 74.8 Å². The molecule has 0 unspecified atom stereocenters. The van der Waals surface area contributed by atoms with Crippen molar-refractivity contribution in [3.05, 3.63) is 49.8 Å². The molecule has 1 amide bonds. The number of nitrogens with zero attached hydrogens (tertiary/aromatic N) is 1. The van der Waals surface area contributed by atoms with E-state index < -0.39 is 0 Å². The van der Waals surface area contributed by atoms with E-state index in [-0.39, 0.29) is 22.9 Å². The van der Waals surface area contributed by atoms with E-state index in [0.29, 0.717) is 6.54 Å². The first-order valence-corrected chi connectivity index (χ1v) is 7.27. The van der Waals surface area contributed by atoms with Crippen LogP contribution in [0.5, 0.6) is 0 Å². The van der Waals surface area contributed by atoms with Crippen LogP contribution in [0, 0.1) is 6.92 Å². The summed E-state index contributed by atoms with van der Waals surface area (Å²) < 4.78 is 0. The predicted molar refractivity (Wildman–Crippen MR) is 79.2 cm³/mol. The van der Waals surface area contributed by atoms with E-state index in [1.165, 1.54) is 11.3 Å². The summed E-state index contributed by atoms with van der Waals surface area (Å²) in [6, 6.07) is 3.35. The number of amides is 1. The van der Waals surface area contributed by atoms with Crippen molar-refractivity contribution in [2.75, 3.05) is 0 Å². The van der Waals surface area contributed by atoms with Gasteiger partial charge in [0.05, 0.1) is 17.7 Å². The van der Waals surface area contributed by atoms with Crippen LogP contribution in [-0.2, 0) is 6.54 Å². The highest BCUT2D eigenvalue weighted by Gasteiger charge is 2.12. The summed E-state index contributed by atoms with van der Waals surface area (Å²) in [4.78, 5) is 31.7. The minimum absolute atomic E-state index is 0.136. The molecule has 0 bridgehead atoms. The Balaban J connectivity index is 2.10. The number of hydrogen-bond donors (Lipinski definition) is 2. The fourth-order valence-corrected chi connectivity index (χ4v) is 2.47. The Morgan fingerprint density at radius 1 is 1.45 bits per heavy atom. The van der Waals surface area contributed by atoms with Crippen molar-refractivity contribution < 1.29 is 4.79 Å². The molecular weight excluding hydrogens is 274 g/mol. The molecular formula is C14H17N3O2S. The van der Waals surface area contributed by atoms with Gasteiger partial charge in [-0.25, -0.2) is 4.98 Å². The quantitative estimate of drug-likeness (QED) is 0.906. The molecule has 20 heavy (non-hydrogen) atoms. The zero-order valence-corrected chi connectivity index (χ0v) is 12.5. The molecule has 2 aromatic rings. The normalized spacial score (nSPS) is 10.8. The number of aromatic amines is 1. The van der Waals surface area contributed by atoms with Crippen molar-refractivity contribution in [3.8, 4) is 0 Å². The van der Waals surface area contributed by atoms with E-state index in [2.05, 4.69) is 15.3 Å². The first-order valence-electron chi connectivity index (χ1n) is 6.39. The van der Waals surface area contributed by atoms with Crippen molar-refractivity contribution >= 4 is 17.2 Å². The maximum atomic E-state index is 12.0. The van der Waals surface area contributed by atoms with Crippen molar-refractivity contribution in [1.29, 1.82) is 0 Å². The number of thiazole rings is 1. The average molecular weight is 291 g/mol. The minimum Gasteiger partial charge on any atom is -0.347 e. The number of hydrogen-bond acceptors (Lipinski definition) is 4. The summed E-state index contributed by atoms with van der Waals surface area (Å²) in [6.07, 6.45) is 0. The maximum Gasteiger partial charge on any atom is 0.261 e. The minimum atomic E-state index is -0.366. The molecule has 106 valence electrons. The standard InChI is InChI=1S/C14H17N3O2S/c1-8(2)11-5-4-10(14(19)17-11)13(18)15-6-12-9(3)16-7-20-12/h4-5,7-8H,6H2,1-3H3,(H,15,18)(H,17,19). The lowest BCUT2D eigenvalue weighted by Crippen LogP contribution is -2.29.